The number of nitro groups is 1. The Kier molecular flexibility index (Phi) is 6.46. The maximum absolute atomic E-state index is 14.4. The molecule has 1 fully saturated rings. The minimum absolute atomic E-state index is 0.00542. The van der Waals surface area contributed by atoms with Crippen molar-refractivity contribution < 1.29 is 14.8 Å². The smallest absolute Gasteiger partial charge is 0.263 e. The third-order valence-corrected chi connectivity index (χ3v) is 8.59. The number of amides is 1. The van der Waals surface area contributed by atoms with Crippen molar-refractivity contribution in [3.63, 3.8) is 0 Å². The van der Waals surface area contributed by atoms with Crippen LogP contribution in [0.5, 0.6) is 0 Å². The summed E-state index contributed by atoms with van der Waals surface area (Å²) in [4.78, 5) is 27.0. The highest BCUT2D eigenvalue weighted by molar-refractivity contribution is 9.10. The zero-order chi connectivity index (χ0) is 26.5. The Bertz CT molecular complexity index is 1380. The summed E-state index contributed by atoms with van der Waals surface area (Å²) in [6, 6.07) is 21.7. The second-order valence-corrected chi connectivity index (χ2v) is 11.2. The largest absolute Gasteiger partial charge is 0.389 e. The normalized spacial score (nSPS) is 29.4. The summed E-state index contributed by atoms with van der Waals surface area (Å²) in [5, 5.41) is 31.5. The second-order valence-electron chi connectivity index (χ2n) is 9.89. The molecule has 0 saturated heterocycles. The Hall–Kier alpha value is -3.07. The van der Waals surface area contributed by atoms with Gasteiger partial charge in [0, 0.05) is 14.4 Å². The topological polar surface area (TPSA) is 96.0 Å². The molecule has 9 heteroatoms. The van der Waals surface area contributed by atoms with E-state index in [-0.39, 0.29) is 11.3 Å². The number of para-hydroxylation sites is 1. The van der Waals surface area contributed by atoms with Crippen molar-refractivity contribution in [2.24, 2.45) is 10.5 Å². The van der Waals surface area contributed by atoms with Crippen molar-refractivity contribution >= 4 is 44.8 Å². The third kappa shape index (κ3) is 3.98. The van der Waals surface area contributed by atoms with E-state index in [0.29, 0.717) is 27.5 Å². The molecular weight excluding hydrogens is 558 g/mol. The Morgan fingerprint density at radius 3 is 2.24 bits per heavy atom. The van der Waals surface area contributed by atoms with Crippen LogP contribution in [0.2, 0.25) is 5.02 Å². The van der Waals surface area contributed by atoms with Gasteiger partial charge in [0.1, 0.15) is 5.41 Å². The van der Waals surface area contributed by atoms with Crippen LogP contribution in [0.3, 0.4) is 0 Å². The number of hydrogen-bond acceptors (Lipinski definition) is 5. The van der Waals surface area contributed by atoms with E-state index >= 15 is 0 Å². The molecule has 1 aliphatic heterocycles. The molecule has 3 aromatic rings. The molecule has 5 rings (SSSR count). The Morgan fingerprint density at radius 1 is 1.05 bits per heavy atom. The van der Waals surface area contributed by atoms with Crippen molar-refractivity contribution in [3.05, 3.63) is 110 Å². The summed E-state index contributed by atoms with van der Waals surface area (Å²) in [7, 11) is 0. The van der Waals surface area contributed by atoms with Gasteiger partial charge in [0.05, 0.1) is 28.8 Å². The summed E-state index contributed by atoms with van der Waals surface area (Å²) in [6.45, 7) is 3.28. The molecule has 1 saturated carbocycles. The van der Waals surface area contributed by atoms with Crippen molar-refractivity contribution in [2.75, 3.05) is 5.01 Å². The number of hydrazone groups is 1. The third-order valence-electron chi connectivity index (χ3n) is 7.81. The van der Waals surface area contributed by atoms with Crippen molar-refractivity contribution in [1.29, 1.82) is 0 Å². The molecule has 190 valence electrons. The molecule has 0 aromatic heterocycles. The van der Waals surface area contributed by atoms with Crippen molar-refractivity contribution in [3.8, 4) is 0 Å². The van der Waals surface area contributed by atoms with Crippen LogP contribution in [0.15, 0.2) is 88.4 Å². The molecule has 1 amide bonds. The van der Waals surface area contributed by atoms with Gasteiger partial charge in [0.15, 0.2) is 0 Å². The van der Waals surface area contributed by atoms with E-state index in [1.54, 1.807) is 86.6 Å². The summed E-state index contributed by atoms with van der Waals surface area (Å²) >= 11 is 9.54. The van der Waals surface area contributed by atoms with Crippen LogP contribution in [0.4, 0.5) is 5.69 Å². The number of halogens is 2. The Morgan fingerprint density at radius 2 is 1.65 bits per heavy atom. The van der Waals surface area contributed by atoms with E-state index in [2.05, 4.69) is 21.0 Å². The lowest BCUT2D eigenvalue weighted by atomic mass is 9.49. The molecule has 2 aliphatic rings. The van der Waals surface area contributed by atoms with E-state index in [4.69, 9.17) is 11.6 Å². The van der Waals surface area contributed by atoms with Crippen LogP contribution in [0, 0.1) is 15.5 Å². The Labute approximate surface area is 228 Å². The minimum atomic E-state index is -1.66. The number of anilines is 1. The van der Waals surface area contributed by atoms with E-state index in [1.165, 1.54) is 5.01 Å². The highest BCUT2D eigenvalue weighted by atomic mass is 79.9. The van der Waals surface area contributed by atoms with Crippen molar-refractivity contribution in [2.45, 2.75) is 43.7 Å². The van der Waals surface area contributed by atoms with Gasteiger partial charge in [-0.15, -0.1) is 0 Å². The minimum Gasteiger partial charge on any atom is -0.389 e. The molecule has 0 unspecified atom stereocenters. The van der Waals surface area contributed by atoms with E-state index in [1.807, 2.05) is 6.07 Å². The fourth-order valence-electron chi connectivity index (χ4n) is 6.26. The summed E-state index contributed by atoms with van der Waals surface area (Å²) in [6.07, 6.45) is -0.00542. The Balaban J connectivity index is 1.76. The van der Waals surface area contributed by atoms with Crippen LogP contribution in [-0.2, 0) is 4.79 Å². The fourth-order valence-corrected chi connectivity index (χ4v) is 6.65. The summed E-state index contributed by atoms with van der Waals surface area (Å²) < 4.78 is 0.800. The predicted octanol–water partition coefficient (Wildman–Crippen LogP) is 6.18. The highest BCUT2D eigenvalue weighted by Crippen LogP contribution is 2.61. The number of rotatable bonds is 4. The van der Waals surface area contributed by atoms with Crippen molar-refractivity contribution in [1.82, 2.24) is 0 Å². The van der Waals surface area contributed by atoms with Gasteiger partial charge < -0.3 is 5.11 Å². The molecule has 37 heavy (non-hydrogen) atoms. The average Bonchev–Trinajstić information content (AvgIpc) is 3.13. The number of carbonyl (C=O) groups excluding carboxylic acids is 1. The molecule has 5 atom stereocenters. The van der Waals surface area contributed by atoms with Gasteiger partial charge in [-0.2, -0.15) is 10.1 Å². The molecule has 7 nitrogen and oxygen atoms in total. The molecular formula is C28H25BrClN3O4. The first-order valence-corrected chi connectivity index (χ1v) is 13.1. The van der Waals surface area contributed by atoms with Crippen LogP contribution in [-0.4, -0.2) is 33.3 Å². The fraction of sp³-hybridized carbons (Fsp3) is 0.286. The standard InChI is InChI=1S/C28H25BrClN3O4/c1-17-28(26(34)32(31-17)22-6-4-3-5-7-22)24(19-8-12-20(29)13-9-19)25(33(36)37)23(16-27(28,2)35)18-10-14-21(30)15-11-18/h3-15,23-25,35H,16H2,1-2H3/t23-,24+,25-,27+,28-/m0/s1. The van der Waals surface area contributed by atoms with E-state index < -0.39 is 34.8 Å². The quantitative estimate of drug-likeness (QED) is 0.294. The molecule has 1 spiro atoms. The predicted molar refractivity (Wildman–Crippen MR) is 147 cm³/mol. The van der Waals surface area contributed by atoms with E-state index in [9.17, 15) is 20.0 Å². The number of benzene rings is 3. The number of hydrogen-bond donors (Lipinski definition) is 1. The lowest BCUT2D eigenvalue weighted by Gasteiger charge is -2.53. The van der Waals surface area contributed by atoms with Crippen LogP contribution < -0.4 is 5.01 Å². The van der Waals surface area contributed by atoms with Gasteiger partial charge in [0.2, 0.25) is 6.04 Å². The molecule has 0 radical (unpaired) electrons. The molecule has 1 heterocycles. The van der Waals surface area contributed by atoms with Gasteiger partial charge in [0.25, 0.3) is 5.91 Å². The zero-order valence-electron chi connectivity index (χ0n) is 20.2. The maximum atomic E-state index is 14.4. The van der Waals surface area contributed by atoms with Gasteiger partial charge in [-0.25, -0.2) is 0 Å². The summed E-state index contributed by atoms with van der Waals surface area (Å²) in [5.41, 5.74) is -1.16. The number of aliphatic hydroxyl groups is 1. The number of carbonyl (C=O) groups is 1. The van der Waals surface area contributed by atoms with Gasteiger partial charge >= 0.3 is 0 Å². The lowest BCUT2D eigenvalue weighted by Crippen LogP contribution is -2.66. The lowest BCUT2D eigenvalue weighted by molar-refractivity contribution is -0.539. The molecule has 0 bridgehead atoms. The SMILES string of the molecule is CC1=NN(c2ccccc2)C(=O)[C@@]12[C@H](c1ccc(Br)cc1)[C@@H]([N+](=O)[O-])[C@H](c1ccc(Cl)cc1)C[C@@]2(C)O. The molecule has 3 aromatic carbocycles. The maximum Gasteiger partial charge on any atom is 0.263 e. The van der Waals surface area contributed by atoms with Gasteiger partial charge in [-0.05, 0) is 67.8 Å². The zero-order valence-corrected chi connectivity index (χ0v) is 22.6. The summed E-state index contributed by atoms with van der Waals surface area (Å²) in [5.74, 6) is -2.14. The van der Waals surface area contributed by atoms with Crippen LogP contribution in [0.25, 0.3) is 0 Å². The monoisotopic (exact) mass is 581 g/mol. The highest BCUT2D eigenvalue weighted by Gasteiger charge is 2.72. The first-order chi connectivity index (χ1) is 17.6. The van der Waals surface area contributed by atoms with Gasteiger partial charge in [-0.1, -0.05) is 70.0 Å². The first kappa shape index (κ1) is 25.6. The first-order valence-electron chi connectivity index (χ1n) is 11.9. The number of nitrogens with zero attached hydrogens (tertiary/aromatic N) is 3. The average molecular weight is 583 g/mol. The second kappa shape index (κ2) is 9.35. The van der Waals surface area contributed by atoms with Gasteiger partial charge in [-0.3, -0.25) is 14.9 Å². The van der Waals surface area contributed by atoms with Crippen LogP contribution in [0.1, 0.15) is 43.2 Å². The molecule has 1 aliphatic carbocycles. The van der Waals surface area contributed by atoms with E-state index in [0.717, 1.165) is 4.47 Å². The van der Waals surface area contributed by atoms with Crippen LogP contribution >= 0.6 is 27.5 Å². The molecule has 1 N–H and O–H groups in total.